The highest BCUT2D eigenvalue weighted by Crippen LogP contribution is 2.20. The molecule has 2 aromatic heterocycles. The molecule has 1 aromatic carbocycles. The lowest BCUT2D eigenvalue weighted by Gasteiger charge is -2.34. The summed E-state index contributed by atoms with van der Waals surface area (Å²) in [7, 11) is 2.12. The molecule has 30 heavy (non-hydrogen) atoms. The summed E-state index contributed by atoms with van der Waals surface area (Å²) in [4.78, 5) is 21.9. The molecule has 7 heteroatoms. The molecule has 7 nitrogen and oxygen atoms in total. The summed E-state index contributed by atoms with van der Waals surface area (Å²) in [6.45, 7) is 4.50. The van der Waals surface area contributed by atoms with Crippen molar-refractivity contribution in [3.63, 3.8) is 0 Å². The van der Waals surface area contributed by atoms with Crippen LogP contribution in [0.5, 0.6) is 5.75 Å². The normalized spacial score (nSPS) is 14.5. The molecule has 1 fully saturated rings. The minimum Gasteiger partial charge on any atom is -0.489 e. The van der Waals surface area contributed by atoms with Crippen LogP contribution in [0.3, 0.4) is 0 Å². The van der Waals surface area contributed by atoms with Gasteiger partial charge in [0.05, 0.1) is 6.26 Å². The minimum atomic E-state index is -0.264. The Morgan fingerprint density at radius 3 is 2.67 bits per heavy atom. The van der Waals surface area contributed by atoms with Crippen LogP contribution in [0.15, 0.2) is 65.4 Å². The van der Waals surface area contributed by atoms with Gasteiger partial charge in [-0.15, -0.1) is 0 Å². The molecule has 0 radical (unpaired) electrons. The highest BCUT2D eigenvalue weighted by molar-refractivity contribution is 5.92. The highest BCUT2D eigenvalue weighted by Gasteiger charge is 2.20. The van der Waals surface area contributed by atoms with Crippen molar-refractivity contribution in [2.45, 2.75) is 13.2 Å². The summed E-state index contributed by atoms with van der Waals surface area (Å²) in [5.74, 6) is 1.69. The monoisotopic (exact) mass is 406 g/mol. The van der Waals surface area contributed by atoms with Gasteiger partial charge in [-0.05, 0) is 31.3 Å². The zero-order valence-corrected chi connectivity index (χ0v) is 17.1. The van der Waals surface area contributed by atoms with Gasteiger partial charge in [0.25, 0.3) is 5.91 Å². The van der Waals surface area contributed by atoms with Gasteiger partial charge in [0.2, 0.25) is 0 Å². The number of amides is 1. The number of piperazine rings is 1. The number of aromatic nitrogens is 1. The number of hydrogen-bond donors (Lipinski definition) is 1. The number of rotatable bonds is 7. The average molecular weight is 406 g/mol. The Labute approximate surface area is 176 Å². The number of para-hydroxylation sites is 1. The van der Waals surface area contributed by atoms with Crippen LogP contribution in [-0.4, -0.2) is 49.0 Å². The first-order chi connectivity index (χ1) is 14.7. The molecule has 1 aliphatic rings. The van der Waals surface area contributed by atoms with E-state index in [0.29, 0.717) is 12.1 Å². The van der Waals surface area contributed by atoms with Crippen LogP contribution in [0.25, 0.3) is 0 Å². The third-order valence-electron chi connectivity index (χ3n) is 5.20. The molecule has 1 aliphatic heterocycles. The lowest BCUT2D eigenvalue weighted by Crippen LogP contribution is -2.45. The Morgan fingerprint density at radius 2 is 1.87 bits per heavy atom. The van der Waals surface area contributed by atoms with Crippen molar-refractivity contribution >= 4 is 11.7 Å². The number of carbonyl (C=O) groups is 1. The SMILES string of the molecule is CN1CCN(c2ncccc2CNC(=O)c2occc2COc2ccccc2)CC1. The summed E-state index contributed by atoms with van der Waals surface area (Å²) in [5, 5.41) is 2.96. The number of likely N-dealkylation sites (N-methyl/N-ethyl adjacent to an activating group) is 1. The molecule has 4 rings (SSSR count). The van der Waals surface area contributed by atoms with Gasteiger partial charge >= 0.3 is 0 Å². The standard InChI is InChI=1S/C23H26N4O3/c1-26-11-13-27(14-12-26)22-18(6-5-10-24-22)16-25-23(28)21-19(9-15-29-21)17-30-20-7-3-2-4-8-20/h2-10,15H,11-14,16-17H2,1H3,(H,25,28). The van der Waals surface area contributed by atoms with Crippen LogP contribution in [0.1, 0.15) is 21.7 Å². The lowest BCUT2D eigenvalue weighted by molar-refractivity contribution is 0.0919. The van der Waals surface area contributed by atoms with Gasteiger partial charge in [0, 0.05) is 50.0 Å². The lowest BCUT2D eigenvalue weighted by atomic mass is 10.2. The maximum atomic E-state index is 12.7. The molecule has 0 spiro atoms. The third kappa shape index (κ3) is 4.80. The third-order valence-corrected chi connectivity index (χ3v) is 5.20. The van der Waals surface area contributed by atoms with Crippen molar-refractivity contribution in [1.82, 2.24) is 15.2 Å². The van der Waals surface area contributed by atoms with E-state index in [9.17, 15) is 4.79 Å². The Kier molecular flexibility index (Phi) is 6.29. The number of benzene rings is 1. The van der Waals surface area contributed by atoms with Gasteiger partial charge in [0.1, 0.15) is 18.2 Å². The Balaban J connectivity index is 1.38. The van der Waals surface area contributed by atoms with Crippen molar-refractivity contribution in [2.24, 2.45) is 0 Å². The van der Waals surface area contributed by atoms with Crippen molar-refractivity contribution in [2.75, 3.05) is 38.1 Å². The predicted octanol–water partition coefficient (Wildman–Crippen LogP) is 2.94. The maximum Gasteiger partial charge on any atom is 0.287 e. The van der Waals surface area contributed by atoms with Gasteiger partial charge in [0.15, 0.2) is 5.76 Å². The van der Waals surface area contributed by atoms with E-state index < -0.39 is 0 Å². The fourth-order valence-electron chi connectivity index (χ4n) is 3.45. The second-order valence-corrected chi connectivity index (χ2v) is 7.34. The fourth-order valence-corrected chi connectivity index (χ4v) is 3.45. The molecule has 0 bridgehead atoms. The van der Waals surface area contributed by atoms with Gasteiger partial charge in [-0.25, -0.2) is 4.98 Å². The molecule has 3 heterocycles. The largest absolute Gasteiger partial charge is 0.489 e. The number of hydrogen-bond acceptors (Lipinski definition) is 6. The number of ether oxygens (including phenoxy) is 1. The van der Waals surface area contributed by atoms with Crippen LogP contribution in [-0.2, 0) is 13.2 Å². The van der Waals surface area contributed by atoms with E-state index in [0.717, 1.165) is 43.3 Å². The molecule has 0 unspecified atom stereocenters. The van der Waals surface area contributed by atoms with Crippen LogP contribution < -0.4 is 15.0 Å². The van der Waals surface area contributed by atoms with Gasteiger partial charge < -0.3 is 24.3 Å². The van der Waals surface area contributed by atoms with Crippen LogP contribution in [0.2, 0.25) is 0 Å². The van der Waals surface area contributed by atoms with Gasteiger partial charge in [-0.2, -0.15) is 0 Å². The van der Waals surface area contributed by atoms with E-state index in [1.807, 2.05) is 42.5 Å². The van der Waals surface area contributed by atoms with Crippen molar-refractivity contribution in [3.8, 4) is 5.75 Å². The molecule has 0 saturated carbocycles. The molecular formula is C23H26N4O3. The van der Waals surface area contributed by atoms with Crippen LogP contribution in [0, 0.1) is 0 Å². The first kappa shape index (κ1) is 20.0. The smallest absolute Gasteiger partial charge is 0.287 e. The minimum absolute atomic E-state index is 0.264. The number of carbonyl (C=O) groups excluding carboxylic acids is 1. The number of anilines is 1. The van der Waals surface area contributed by atoms with Gasteiger partial charge in [-0.3, -0.25) is 4.79 Å². The fraction of sp³-hybridized carbons (Fsp3) is 0.304. The summed E-state index contributed by atoms with van der Waals surface area (Å²) in [5.41, 5.74) is 1.70. The highest BCUT2D eigenvalue weighted by atomic mass is 16.5. The summed E-state index contributed by atoms with van der Waals surface area (Å²) in [6.07, 6.45) is 3.31. The second kappa shape index (κ2) is 9.45. The average Bonchev–Trinajstić information content (AvgIpc) is 3.26. The van der Waals surface area contributed by atoms with E-state index in [2.05, 4.69) is 27.1 Å². The second-order valence-electron chi connectivity index (χ2n) is 7.34. The van der Waals surface area contributed by atoms with E-state index >= 15 is 0 Å². The van der Waals surface area contributed by atoms with E-state index in [1.165, 1.54) is 6.26 Å². The van der Waals surface area contributed by atoms with Crippen molar-refractivity contribution < 1.29 is 13.9 Å². The Hall–Kier alpha value is -3.32. The van der Waals surface area contributed by atoms with Crippen LogP contribution in [0.4, 0.5) is 5.82 Å². The molecule has 0 atom stereocenters. The predicted molar refractivity (Wildman–Crippen MR) is 115 cm³/mol. The van der Waals surface area contributed by atoms with Crippen molar-refractivity contribution in [3.05, 3.63) is 77.9 Å². The number of nitrogens with zero attached hydrogens (tertiary/aromatic N) is 3. The van der Waals surface area contributed by atoms with Crippen molar-refractivity contribution in [1.29, 1.82) is 0 Å². The molecule has 1 N–H and O–H groups in total. The van der Waals surface area contributed by atoms with Crippen LogP contribution >= 0.6 is 0 Å². The zero-order valence-electron chi connectivity index (χ0n) is 17.1. The molecular weight excluding hydrogens is 380 g/mol. The van der Waals surface area contributed by atoms with Gasteiger partial charge in [-0.1, -0.05) is 24.3 Å². The molecule has 3 aromatic rings. The summed E-state index contributed by atoms with van der Waals surface area (Å²) < 4.78 is 11.2. The zero-order chi connectivity index (χ0) is 20.8. The topological polar surface area (TPSA) is 70.8 Å². The number of pyridine rings is 1. The maximum absolute atomic E-state index is 12.7. The van der Waals surface area contributed by atoms with E-state index in [4.69, 9.17) is 9.15 Å². The van der Waals surface area contributed by atoms with E-state index in [-0.39, 0.29) is 18.3 Å². The molecule has 1 saturated heterocycles. The first-order valence-corrected chi connectivity index (χ1v) is 10.1. The molecule has 156 valence electrons. The van der Waals surface area contributed by atoms with E-state index in [1.54, 1.807) is 12.3 Å². The molecule has 1 amide bonds. The quantitative estimate of drug-likeness (QED) is 0.651. The number of nitrogens with one attached hydrogen (secondary N) is 1. The number of furan rings is 1. The molecule has 0 aliphatic carbocycles. The first-order valence-electron chi connectivity index (χ1n) is 10.1. The summed E-state index contributed by atoms with van der Waals surface area (Å²) >= 11 is 0. The Bertz CT molecular complexity index is 965. The summed E-state index contributed by atoms with van der Waals surface area (Å²) in [6, 6.07) is 15.2. The Morgan fingerprint density at radius 1 is 1.07 bits per heavy atom.